The molecule has 0 unspecified atom stereocenters. The van der Waals surface area contributed by atoms with Crippen molar-refractivity contribution in [1.82, 2.24) is 10.7 Å². The lowest BCUT2D eigenvalue weighted by Gasteiger charge is -2.09. The third-order valence-electron chi connectivity index (χ3n) is 2.75. The summed E-state index contributed by atoms with van der Waals surface area (Å²) >= 11 is 5.05. The maximum absolute atomic E-state index is 11.7. The molecule has 3 N–H and O–H groups in total. The molecule has 0 bridgehead atoms. The van der Waals surface area contributed by atoms with Gasteiger partial charge in [0.15, 0.2) is 5.11 Å². The maximum atomic E-state index is 11.7. The van der Waals surface area contributed by atoms with E-state index in [1.54, 1.807) is 37.6 Å². The monoisotopic (exact) mass is 328 g/mol. The van der Waals surface area contributed by atoms with Crippen LogP contribution in [0.1, 0.15) is 5.56 Å². The first-order valence-corrected chi connectivity index (χ1v) is 7.18. The Morgan fingerprint density at radius 2 is 1.83 bits per heavy atom. The van der Waals surface area contributed by atoms with Crippen LogP contribution in [-0.2, 0) is 0 Å². The summed E-state index contributed by atoms with van der Waals surface area (Å²) in [5.41, 5.74) is 3.96. The van der Waals surface area contributed by atoms with Crippen molar-refractivity contribution in [3.8, 4) is 5.75 Å². The first-order valence-electron chi connectivity index (χ1n) is 6.77. The summed E-state index contributed by atoms with van der Waals surface area (Å²) in [6.07, 6.45) is 1.54. The predicted molar refractivity (Wildman–Crippen MR) is 94.9 cm³/mol. The molecule has 0 atom stereocenters. The molecule has 2 amide bonds. The predicted octanol–water partition coefficient (Wildman–Crippen LogP) is 2.73. The highest BCUT2D eigenvalue weighted by Crippen LogP contribution is 2.14. The summed E-state index contributed by atoms with van der Waals surface area (Å²) < 4.78 is 5.06. The van der Waals surface area contributed by atoms with Crippen LogP contribution in [0, 0.1) is 0 Å². The maximum Gasteiger partial charge on any atom is 0.341 e. The van der Waals surface area contributed by atoms with Gasteiger partial charge in [0.2, 0.25) is 0 Å². The number of hydrogen-bond acceptors (Lipinski definition) is 4. The quantitative estimate of drug-likeness (QED) is 0.458. The van der Waals surface area contributed by atoms with Gasteiger partial charge in [-0.2, -0.15) is 5.10 Å². The zero-order chi connectivity index (χ0) is 16.5. The minimum Gasteiger partial charge on any atom is -0.497 e. The van der Waals surface area contributed by atoms with Gasteiger partial charge in [0.25, 0.3) is 0 Å². The number of methoxy groups -OCH3 is 1. The van der Waals surface area contributed by atoms with E-state index >= 15 is 0 Å². The zero-order valence-corrected chi connectivity index (χ0v) is 13.3. The molecule has 0 aliphatic carbocycles. The Hall–Kier alpha value is -2.93. The van der Waals surface area contributed by atoms with E-state index in [-0.39, 0.29) is 5.11 Å². The third kappa shape index (κ3) is 5.76. The Balaban J connectivity index is 1.78. The Kier molecular flexibility index (Phi) is 6.07. The van der Waals surface area contributed by atoms with Gasteiger partial charge in [-0.15, -0.1) is 0 Å². The van der Waals surface area contributed by atoms with Crippen LogP contribution < -0.4 is 20.8 Å². The number of rotatable bonds is 4. The van der Waals surface area contributed by atoms with Gasteiger partial charge < -0.3 is 10.1 Å². The summed E-state index contributed by atoms with van der Waals surface area (Å²) in [6.45, 7) is 0. The number of benzene rings is 2. The molecule has 0 spiro atoms. The van der Waals surface area contributed by atoms with Gasteiger partial charge >= 0.3 is 6.03 Å². The van der Waals surface area contributed by atoms with Crippen molar-refractivity contribution in [3.63, 3.8) is 0 Å². The highest BCUT2D eigenvalue weighted by atomic mass is 32.1. The molecule has 23 heavy (non-hydrogen) atoms. The van der Waals surface area contributed by atoms with Crippen molar-refractivity contribution < 1.29 is 9.53 Å². The van der Waals surface area contributed by atoms with E-state index in [2.05, 4.69) is 21.2 Å². The molecular formula is C16H16N4O2S. The molecule has 7 heteroatoms. The Bertz CT molecular complexity index is 687. The van der Waals surface area contributed by atoms with Gasteiger partial charge in [-0.05, 0) is 42.0 Å². The van der Waals surface area contributed by atoms with Crippen molar-refractivity contribution in [1.29, 1.82) is 0 Å². The molecule has 2 aromatic rings. The molecule has 0 saturated heterocycles. The minimum atomic E-state index is -0.525. The Morgan fingerprint density at radius 3 is 2.48 bits per heavy atom. The lowest BCUT2D eigenvalue weighted by atomic mass is 10.2. The molecule has 118 valence electrons. The molecule has 0 fully saturated rings. The van der Waals surface area contributed by atoms with E-state index in [1.807, 2.05) is 30.3 Å². The van der Waals surface area contributed by atoms with Crippen molar-refractivity contribution in [2.45, 2.75) is 0 Å². The van der Waals surface area contributed by atoms with Gasteiger partial charge in [-0.1, -0.05) is 30.3 Å². The number of nitrogens with one attached hydrogen (secondary N) is 3. The fraction of sp³-hybridized carbons (Fsp3) is 0.0625. The number of ether oxygens (including phenoxy) is 1. The summed E-state index contributed by atoms with van der Waals surface area (Å²) in [5, 5.41) is 9.36. The number of hydrazone groups is 1. The fourth-order valence-electron chi connectivity index (χ4n) is 1.67. The summed E-state index contributed by atoms with van der Waals surface area (Å²) in [6, 6.07) is 16.0. The van der Waals surface area contributed by atoms with Crippen LogP contribution in [0.3, 0.4) is 0 Å². The van der Waals surface area contributed by atoms with Crippen molar-refractivity contribution in [3.05, 3.63) is 60.2 Å². The van der Waals surface area contributed by atoms with Gasteiger partial charge in [-0.25, -0.2) is 10.2 Å². The minimum absolute atomic E-state index is 0.169. The van der Waals surface area contributed by atoms with Gasteiger partial charge in [0.05, 0.1) is 13.3 Å². The number of nitrogens with zero attached hydrogens (tertiary/aromatic N) is 1. The van der Waals surface area contributed by atoms with Gasteiger partial charge in [0, 0.05) is 5.69 Å². The van der Waals surface area contributed by atoms with Crippen LogP contribution in [0.15, 0.2) is 59.7 Å². The second kappa shape index (κ2) is 8.50. The third-order valence-corrected chi connectivity index (χ3v) is 2.96. The van der Waals surface area contributed by atoms with Crippen LogP contribution in [0.5, 0.6) is 5.75 Å². The second-order valence-electron chi connectivity index (χ2n) is 4.42. The molecule has 2 rings (SSSR count). The molecular weight excluding hydrogens is 312 g/mol. The highest BCUT2D eigenvalue weighted by Gasteiger charge is 2.03. The van der Waals surface area contributed by atoms with Crippen LogP contribution >= 0.6 is 12.2 Å². The summed E-state index contributed by atoms with van der Waals surface area (Å²) in [5.74, 6) is 0.738. The molecule has 0 aliphatic rings. The van der Waals surface area contributed by atoms with E-state index in [0.717, 1.165) is 17.0 Å². The number of carbonyl (C=O) groups excluding carboxylic acids is 1. The topological polar surface area (TPSA) is 74.8 Å². The second-order valence-corrected chi connectivity index (χ2v) is 4.83. The fourth-order valence-corrected chi connectivity index (χ4v) is 1.88. The molecule has 2 aromatic carbocycles. The van der Waals surface area contributed by atoms with Crippen LogP contribution in [0.4, 0.5) is 10.5 Å². The van der Waals surface area contributed by atoms with Gasteiger partial charge in [0.1, 0.15) is 5.75 Å². The standard InChI is InChI=1S/C16H16N4O2S/c1-22-14-9-7-13(8-10-14)18-16(23)19-15(21)20-17-11-12-5-3-2-4-6-12/h2-11H,1H3,(H3,18,19,20,21,23)/b17-11+. The smallest absolute Gasteiger partial charge is 0.341 e. The lowest BCUT2D eigenvalue weighted by molar-refractivity contribution is 0.246. The van der Waals surface area contributed by atoms with E-state index in [9.17, 15) is 4.79 Å². The Labute approximate surface area is 139 Å². The molecule has 6 nitrogen and oxygen atoms in total. The molecule has 0 heterocycles. The number of amides is 2. The van der Waals surface area contributed by atoms with Crippen LogP contribution in [-0.4, -0.2) is 24.5 Å². The number of anilines is 1. The van der Waals surface area contributed by atoms with Crippen molar-refractivity contribution in [2.75, 3.05) is 12.4 Å². The van der Waals surface area contributed by atoms with E-state index in [4.69, 9.17) is 17.0 Å². The van der Waals surface area contributed by atoms with Gasteiger partial charge in [-0.3, -0.25) is 5.32 Å². The average molecular weight is 328 g/mol. The highest BCUT2D eigenvalue weighted by molar-refractivity contribution is 7.80. The van der Waals surface area contributed by atoms with Crippen LogP contribution in [0.2, 0.25) is 0 Å². The molecule has 0 radical (unpaired) electrons. The lowest BCUT2D eigenvalue weighted by Crippen LogP contribution is -2.39. The van der Waals surface area contributed by atoms with Crippen molar-refractivity contribution in [2.24, 2.45) is 5.10 Å². The number of urea groups is 1. The number of thiocarbonyl (C=S) groups is 1. The SMILES string of the molecule is COc1ccc(NC(=S)NC(=O)N/N=C/c2ccccc2)cc1. The molecule has 0 aromatic heterocycles. The van der Waals surface area contributed by atoms with Crippen LogP contribution in [0.25, 0.3) is 0 Å². The summed E-state index contributed by atoms with van der Waals surface area (Å²) in [4.78, 5) is 11.7. The van der Waals surface area contributed by atoms with E-state index < -0.39 is 6.03 Å². The number of hydrogen-bond donors (Lipinski definition) is 3. The van der Waals surface area contributed by atoms with E-state index in [0.29, 0.717) is 0 Å². The molecule has 0 aliphatic heterocycles. The Morgan fingerprint density at radius 1 is 1.13 bits per heavy atom. The normalized spacial score (nSPS) is 10.1. The largest absolute Gasteiger partial charge is 0.497 e. The zero-order valence-electron chi connectivity index (χ0n) is 12.4. The van der Waals surface area contributed by atoms with Crippen molar-refractivity contribution >= 4 is 35.3 Å². The first-order chi connectivity index (χ1) is 11.2. The first kappa shape index (κ1) is 16.4. The average Bonchev–Trinajstić information content (AvgIpc) is 2.56. The molecule has 0 saturated carbocycles. The van der Waals surface area contributed by atoms with E-state index in [1.165, 1.54) is 0 Å². The number of carbonyl (C=O) groups is 1. The summed E-state index contributed by atoms with van der Waals surface area (Å²) in [7, 11) is 1.59.